The van der Waals surface area contributed by atoms with Crippen LogP contribution in [0, 0.1) is 0 Å². The third kappa shape index (κ3) is 2.93. The minimum atomic E-state index is -0.795. The number of likely N-dealkylation sites (N-methyl/N-ethyl adjacent to an activating group) is 1. The van der Waals surface area contributed by atoms with E-state index in [-0.39, 0.29) is 11.4 Å². The fourth-order valence-electron chi connectivity index (χ4n) is 3.40. The van der Waals surface area contributed by atoms with Crippen molar-refractivity contribution in [2.24, 2.45) is 11.5 Å². The first-order valence-electron chi connectivity index (χ1n) is 7.29. The van der Waals surface area contributed by atoms with E-state index in [4.69, 9.17) is 11.5 Å². The number of piperazine rings is 1. The second kappa shape index (κ2) is 5.04. The minimum absolute atomic E-state index is 0.180. The van der Waals surface area contributed by atoms with Crippen LogP contribution in [0.2, 0.25) is 0 Å². The third-order valence-corrected chi connectivity index (χ3v) is 5.11. The Hall–Kier alpha value is -0.650. The number of amides is 1. The lowest BCUT2D eigenvalue weighted by Gasteiger charge is -2.50. The van der Waals surface area contributed by atoms with Gasteiger partial charge in [-0.2, -0.15) is 0 Å². The average Bonchev–Trinajstić information content (AvgIpc) is 2.32. The van der Waals surface area contributed by atoms with Crippen LogP contribution < -0.4 is 11.5 Å². The zero-order valence-corrected chi connectivity index (χ0v) is 12.5. The number of hydrogen-bond donors (Lipinski definition) is 2. The Morgan fingerprint density at radius 1 is 1.32 bits per heavy atom. The fraction of sp³-hybridized carbons (Fsp3) is 0.929. The molecule has 110 valence electrons. The van der Waals surface area contributed by atoms with E-state index in [1.54, 1.807) is 0 Å². The van der Waals surface area contributed by atoms with E-state index < -0.39 is 5.54 Å². The van der Waals surface area contributed by atoms with Crippen molar-refractivity contribution in [2.75, 3.05) is 26.7 Å². The largest absolute Gasteiger partial charge is 0.368 e. The summed E-state index contributed by atoms with van der Waals surface area (Å²) in [6, 6.07) is 0.402. The van der Waals surface area contributed by atoms with Gasteiger partial charge in [0.1, 0.15) is 0 Å². The summed E-state index contributed by atoms with van der Waals surface area (Å²) in [5.41, 5.74) is 11.0. The lowest BCUT2D eigenvalue weighted by Crippen LogP contribution is -2.63. The molecule has 2 fully saturated rings. The number of nitrogens with zero attached hydrogens (tertiary/aromatic N) is 2. The Kier molecular flexibility index (Phi) is 3.91. The summed E-state index contributed by atoms with van der Waals surface area (Å²) in [6.45, 7) is 7.69. The topological polar surface area (TPSA) is 75.6 Å². The smallest absolute Gasteiger partial charge is 0.237 e. The average molecular weight is 268 g/mol. The quantitative estimate of drug-likeness (QED) is 0.747. The van der Waals surface area contributed by atoms with Crippen molar-refractivity contribution in [1.82, 2.24) is 9.80 Å². The summed E-state index contributed by atoms with van der Waals surface area (Å²) in [5, 5.41) is 0. The summed E-state index contributed by atoms with van der Waals surface area (Å²) < 4.78 is 0. The normalized spacial score (nSPS) is 37.2. The summed E-state index contributed by atoms with van der Waals surface area (Å²) in [4.78, 5) is 16.5. The summed E-state index contributed by atoms with van der Waals surface area (Å²) in [5.74, 6) is -0.342. The van der Waals surface area contributed by atoms with Gasteiger partial charge in [-0.1, -0.05) is 0 Å². The van der Waals surface area contributed by atoms with Gasteiger partial charge in [-0.05, 0) is 46.6 Å². The van der Waals surface area contributed by atoms with Gasteiger partial charge in [0, 0.05) is 31.2 Å². The number of primary amides is 1. The van der Waals surface area contributed by atoms with Crippen LogP contribution in [0.25, 0.3) is 0 Å². The van der Waals surface area contributed by atoms with Crippen LogP contribution in [0.4, 0.5) is 0 Å². The van der Waals surface area contributed by atoms with E-state index in [1.807, 2.05) is 0 Å². The van der Waals surface area contributed by atoms with Crippen LogP contribution in [0.1, 0.15) is 39.5 Å². The van der Waals surface area contributed by atoms with Crippen molar-refractivity contribution in [2.45, 2.75) is 56.7 Å². The van der Waals surface area contributed by atoms with Gasteiger partial charge in [0.25, 0.3) is 0 Å². The van der Waals surface area contributed by atoms with Gasteiger partial charge < -0.3 is 11.5 Å². The lowest BCUT2D eigenvalue weighted by molar-refractivity contribution is -0.125. The molecule has 1 aliphatic carbocycles. The maximum absolute atomic E-state index is 11.6. The van der Waals surface area contributed by atoms with Crippen molar-refractivity contribution < 1.29 is 4.79 Å². The summed E-state index contributed by atoms with van der Waals surface area (Å²) in [7, 11) is 2.18. The monoisotopic (exact) mass is 268 g/mol. The molecule has 1 aliphatic heterocycles. The maximum Gasteiger partial charge on any atom is 0.237 e. The lowest BCUT2D eigenvalue weighted by atomic mass is 9.78. The summed E-state index contributed by atoms with van der Waals surface area (Å²) in [6.07, 6.45) is 3.57. The highest BCUT2D eigenvalue weighted by molar-refractivity contribution is 5.84. The molecule has 5 heteroatoms. The van der Waals surface area contributed by atoms with Gasteiger partial charge in [0.15, 0.2) is 0 Å². The van der Waals surface area contributed by atoms with Gasteiger partial charge in [0.05, 0.1) is 5.54 Å². The number of carbonyl (C=O) groups is 1. The zero-order chi connectivity index (χ0) is 14.3. The van der Waals surface area contributed by atoms with Gasteiger partial charge in [-0.3, -0.25) is 14.6 Å². The molecule has 0 radical (unpaired) electrons. The molecule has 19 heavy (non-hydrogen) atoms. The number of carbonyl (C=O) groups excluding carboxylic acids is 1. The number of nitrogens with two attached hydrogens (primary N) is 2. The minimum Gasteiger partial charge on any atom is -0.368 e. The molecule has 2 atom stereocenters. The van der Waals surface area contributed by atoms with Gasteiger partial charge >= 0.3 is 0 Å². The van der Waals surface area contributed by atoms with E-state index in [0.717, 1.165) is 38.9 Å². The van der Waals surface area contributed by atoms with Crippen LogP contribution in [0.3, 0.4) is 0 Å². The first-order valence-corrected chi connectivity index (χ1v) is 7.29. The molecule has 2 unspecified atom stereocenters. The molecule has 0 spiro atoms. The number of rotatable bonds is 2. The van der Waals surface area contributed by atoms with E-state index in [1.165, 1.54) is 0 Å². The van der Waals surface area contributed by atoms with Crippen LogP contribution >= 0.6 is 0 Å². The number of hydrogen-bond acceptors (Lipinski definition) is 4. The zero-order valence-electron chi connectivity index (χ0n) is 12.5. The Morgan fingerprint density at radius 2 is 2.00 bits per heavy atom. The molecule has 1 amide bonds. The predicted octanol–water partition coefficient (Wildman–Crippen LogP) is 0.138. The van der Waals surface area contributed by atoms with Crippen molar-refractivity contribution >= 4 is 5.91 Å². The third-order valence-electron chi connectivity index (χ3n) is 5.11. The van der Waals surface area contributed by atoms with Gasteiger partial charge in [-0.15, -0.1) is 0 Å². The second-order valence-electron chi connectivity index (χ2n) is 6.98. The van der Waals surface area contributed by atoms with E-state index in [0.29, 0.717) is 12.5 Å². The molecular weight excluding hydrogens is 240 g/mol. The molecule has 1 heterocycles. The highest BCUT2D eigenvalue weighted by Crippen LogP contribution is 2.32. The molecule has 2 aliphatic rings. The van der Waals surface area contributed by atoms with Crippen molar-refractivity contribution in [3.05, 3.63) is 0 Å². The van der Waals surface area contributed by atoms with Crippen LogP contribution in [-0.2, 0) is 4.79 Å². The highest BCUT2D eigenvalue weighted by atomic mass is 16.1. The Morgan fingerprint density at radius 3 is 2.58 bits per heavy atom. The van der Waals surface area contributed by atoms with E-state index in [2.05, 4.69) is 30.7 Å². The molecule has 1 saturated heterocycles. The Bertz CT molecular complexity index is 357. The Labute approximate surface area is 116 Å². The molecular formula is C14H28N4O. The van der Waals surface area contributed by atoms with Gasteiger partial charge in [-0.25, -0.2) is 0 Å². The first-order chi connectivity index (χ1) is 8.74. The van der Waals surface area contributed by atoms with E-state index >= 15 is 0 Å². The van der Waals surface area contributed by atoms with Crippen LogP contribution in [0.15, 0.2) is 0 Å². The van der Waals surface area contributed by atoms with Gasteiger partial charge in [0.2, 0.25) is 5.91 Å². The molecule has 0 aromatic heterocycles. The second-order valence-corrected chi connectivity index (χ2v) is 6.98. The molecule has 0 aromatic rings. The SMILES string of the molecule is CN1CCN(C2CCCC(N)(C(N)=O)C2)CC1(C)C. The highest BCUT2D eigenvalue weighted by Gasteiger charge is 2.42. The predicted molar refractivity (Wildman–Crippen MR) is 76.7 cm³/mol. The Balaban J connectivity index is 2.04. The van der Waals surface area contributed by atoms with Crippen molar-refractivity contribution in [3.63, 3.8) is 0 Å². The molecule has 0 aromatic carbocycles. The standard InChI is InChI=1S/C14H28N4O/c1-13(2)10-18(8-7-17(13)3)11-5-4-6-14(16,9-11)12(15)19/h11H,4-10,16H2,1-3H3,(H2,15,19). The molecule has 0 bridgehead atoms. The fourth-order valence-corrected chi connectivity index (χ4v) is 3.40. The maximum atomic E-state index is 11.6. The van der Waals surface area contributed by atoms with Crippen molar-refractivity contribution in [3.8, 4) is 0 Å². The first kappa shape index (κ1) is 14.8. The van der Waals surface area contributed by atoms with Crippen molar-refractivity contribution in [1.29, 1.82) is 0 Å². The van der Waals surface area contributed by atoms with Crippen LogP contribution in [-0.4, -0.2) is 59.5 Å². The molecule has 2 rings (SSSR count). The molecule has 4 N–H and O–H groups in total. The summed E-state index contributed by atoms with van der Waals surface area (Å²) >= 11 is 0. The molecule has 1 saturated carbocycles. The molecule has 5 nitrogen and oxygen atoms in total. The van der Waals surface area contributed by atoms with Crippen LogP contribution in [0.5, 0.6) is 0 Å². The van der Waals surface area contributed by atoms with E-state index in [9.17, 15) is 4.79 Å².